The van der Waals surface area contributed by atoms with Crippen LogP contribution in [0.3, 0.4) is 0 Å². The predicted molar refractivity (Wildman–Crippen MR) is 92.2 cm³/mol. The number of carbonyl (C=O) groups excluding carboxylic acids is 1. The smallest absolute Gasteiger partial charge is 0.220 e. The maximum atomic E-state index is 11.9. The van der Waals surface area contributed by atoms with Crippen molar-refractivity contribution in [2.45, 2.75) is 25.9 Å². The minimum atomic E-state index is 0.0746. The van der Waals surface area contributed by atoms with E-state index in [1.807, 2.05) is 54.6 Å². The van der Waals surface area contributed by atoms with Crippen LogP contribution < -0.4 is 5.32 Å². The van der Waals surface area contributed by atoms with E-state index in [4.69, 9.17) is 0 Å². The number of benzene rings is 2. The molecule has 5 heteroatoms. The molecule has 0 atom stereocenters. The van der Waals surface area contributed by atoms with E-state index in [9.17, 15) is 4.79 Å². The minimum absolute atomic E-state index is 0.0746. The topological polar surface area (TPSA) is 59.8 Å². The second-order valence-electron chi connectivity index (χ2n) is 5.67. The van der Waals surface area contributed by atoms with Crippen LogP contribution in [0.2, 0.25) is 0 Å². The molecule has 0 radical (unpaired) electrons. The Morgan fingerprint density at radius 2 is 1.71 bits per heavy atom. The van der Waals surface area contributed by atoms with Crippen LogP contribution in [-0.2, 0) is 24.3 Å². The van der Waals surface area contributed by atoms with Crippen LogP contribution in [0.1, 0.15) is 23.1 Å². The van der Waals surface area contributed by atoms with Crippen LogP contribution in [0.4, 0.5) is 0 Å². The number of rotatable bonds is 7. The maximum Gasteiger partial charge on any atom is 0.220 e. The first-order valence-corrected chi connectivity index (χ1v) is 8.00. The zero-order valence-electron chi connectivity index (χ0n) is 13.4. The van der Waals surface area contributed by atoms with Gasteiger partial charge in [0.05, 0.1) is 6.54 Å². The molecule has 24 heavy (non-hydrogen) atoms. The van der Waals surface area contributed by atoms with Crippen molar-refractivity contribution in [3.8, 4) is 0 Å². The molecule has 0 saturated carbocycles. The lowest BCUT2D eigenvalue weighted by molar-refractivity contribution is -0.121. The van der Waals surface area contributed by atoms with E-state index >= 15 is 0 Å². The quantitative estimate of drug-likeness (QED) is 0.728. The predicted octanol–water partition coefficient (Wildman–Crippen LogP) is 2.58. The summed E-state index contributed by atoms with van der Waals surface area (Å²) in [5.41, 5.74) is 3.43. The highest BCUT2D eigenvalue weighted by Crippen LogP contribution is 2.06. The first-order valence-electron chi connectivity index (χ1n) is 8.00. The maximum absolute atomic E-state index is 11.9. The first kappa shape index (κ1) is 15.9. The van der Waals surface area contributed by atoms with E-state index in [-0.39, 0.29) is 5.91 Å². The lowest BCUT2D eigenvalue weighted by Crippen LogP contribution is -2.23. The van der Waals surface area contributed by atoms with Crippen LogP contribution in [0.5, 0.6) is 0 Å². The summed E-state index contributed by atoms with van der Waals surface area (Å²) in [6.45, 7) is 1.25. The van der Waals surface area contributed by atoms with Gasteiger partial charge in [-0.1, -0.05) is 54.6 Å². The van der Waals surface area contributed by atoms with E-state index in [1.54, 1.807) is 11.0 Å². The van der Waals surface area contributed by atoms with Crippen molar-refractivity contribution in [3.05, 3.63) is 83.9 Å². The standard InChI is InChI=1S/C19H20N4O/c24-19(11-10-16-4-2-1-3-5-16)21-12-17-6-8-18(9-7-17)13-23-15-20-14-22-23/h1-9,14-15H,10-13H2,(H,21,24). The lowest BCUT2D eigenvalue weighted by Gasteiger charge is -2.07. The molecule has 0 aliphatic heterocycles. The molecule has 0 unspecified atom stereocenters. The number of aryl methyl sites for hydroxylation is 1. The molecule has 1 amide bonds. The Bertz CT molecular complexity index is 752. The minimum Gasteiger partial charge on any atom is -0.352 e. The Morgan fingerprint density at radius 1 is 0.958 bits per heavy atom. The number of nitrogens with one attached hydrogen (secondary N) is 1. The van der Waals surface area contributed by atoms with Crippen molar-refractivity contribution in [1.29, 1.82) is 0 Å². The molecule has 122 valence electrons. The van der Waals surface area contributed by atoms with E-state index in [0.29, 0.717) is 19.5 Å². The lowest BCUT2D eigenvalue weighted by atomic mass is 10.1. The van der Waals surface area contributed by atoms with Crippen molar-refractivity contribution in [1.82, 2.24) is 20.1 Å². The summed E-state index contributed by atoms with van der Waals surface area (Å²) >= 11 is 0. The molecule has 1 heterocycles. The number of nitrogens with zero attached hydrogens (tertiary/aromatic N) is 3. The Kier molecular flexibility index (Phi) is 5.35. The van der Waals surface area contributed by atoms with Gasteiger partial charge in [-0.2, -0.15) is 5.10 Å². The fourth-order valence-corrected chi connectivity index (χ4v) is 2.46. The van der Waals surface area contributed by atoms with Gasteiger partial charge >= 0.3 is 0 Å². The number of hydrogen-bond acceptors (Lipinski definition) is 3. The number of aromatic nitrogens is 3. The second-order valence-corrected chi connectivity index (χ2v) is 5.67. The Hall–Kier alpha value is -2.95. The summed E-state index contributed by atoms with van der Waals surface area (Å²) in [4.78, 5) is 15.9. The van der Waals surface area contributed by atoms with Crippen LogP contribution in [0, 0.1) is 0 Å². The number of amides is 1. The molecule has 1 aromatic heterocycles. The Balaban J connectivity index is 1.43. The highest BCUT2D eigenvalue weighted by atomic mass is 16.1. The van der Waals surface area contributed by atoms with Gasteiger partial charge in [-0.05, 0) is 23.1 Å². The molecular weight excluding hydrogens is 300 g/mol. The molecule has 0 fully saturated rings. The zero-order chi connectivity index (χ0) is 16.6. The first-order chi connectivity index (χ1) is 11.8. The van der Waals surface area contributed by atoms with Crippen molar-refractivity contribution >= 4 is 5.91 Å². The molecule has 5 nitrogen and oxygen atoms in total. The van der Waals surface area contributed by atoms with Gasteiger partial charge in [0.2, 0.25) is 5.91 Å². The molecule has 1 N–H and O–H groups in total. The molecule has 0 aliphatic rings. The molecule has 2 aromatic carbocycles. The summed E-state index contributed by atoms with van der Waals surface area (Å²) in [6, 6.07) is 18.2. The molecule has 0 saturated heterocycles. The Morgan fingerprint density at radius 3 is 2.42 bits per heavy atom. The zero-order valence-corrected chi connectivity index (χ0v) is 13.4. The van der Waals surface area contributed by atoms with E-state index < -0.39 is 0 Å². The summed E-state index contributed by atoms with van der Waals surface area (Å²) in [7, 11) is 0. The number of carbonyl (C=O) groups is 1. The SMILES string of the molecule is O=C(CCc1ccccc1)NCc1ccc(Cn2cncn2)cc1. The van der Waals surface area contributed by atoms with Crippen molar-refractivity contribution in [3.63, 3.8) is 0 Å². The van der Waals surface area contributed by atoms with Gasteiger partial charge in [-0.3, -0.25) is 4.79 Å². The van der Waals surface area contributed by atoms with Gasteiger partial charge in [0.1, 0.15) is 12.7 Å². The highest BCUT2D eigenvalue weighted by Gasteiger charge is 2.03. The molecule has 0 aliphatic carbocycles. The van der Waals surface area contributed by atoms with E-state index in [2.05, 4.69) is 15.4 Å². The van der Waals surface area contributed by atoms with Gasteiger partial charge < -0.3 is 5.32 Å². The Labute approximate surface area is 141 Å². The van der Waals surface area contributed by atoms with Crippen molar-refractivity contribution < 1.29 is 4.79 Å². The second kappa shape index (κ2) is 8.06. The van der Waals surface area contributed by atoms with Crippen molar-refractivity contribution in [2.75, 3.05) is 0 Å². The summed E-state index contributed by atoms with van der Waals surface area (Å²) in [5, 5.41) is 7.06. The molecule has 3 aromatic rings. The average Bonchev–Trinajstić information content (AvgIpc) is 3.13. The number of hydrogen-bond donors (Lipinski definition) is 1. The van der Waals surface area contributed by atoms with Crippen LogP contribution in [-0.4, -0.2) is 20.7 Å². The van der Waals surface area contributed by atoms with Gasteiger partial charge in [0.15, 0.2) is 0 Å². The fourth-order valence-electron chi connectivity index (χ4n) is 2.46. The monoisotopic (exact) mass is 320 g/mol. The summed E-state index contributed by atoms with van der Waals surface area (Å²) < 4.78 is 1.78. The third kappa shape index (κ3) is 4.78. The summed E-state index contributed by atoms with van der Waals surface area (Å²) in [6.07, 6.45) is 4.50. The molecule has 0 spiro atoms. The normalized spacial score (nSPS) is 10.5. The van der Waals surface area contributed by atoms with E-state index in [1.165, 1.54) is 11.9 Å². The fraction of sp³-hybridized carbons (Fsp3) is 0.211. The van der Waals surface area contributed by atoms with Gasteiger partial charge in [-0.25, -0.2) is 9.67 Å². The van der Waals surface area contributed by atoms with Crippen LogP contribution in [0.25, 0.3) is 0 Å². The molecule has 3 rings (SSSR count). The third-order valence-electron chi connectivity index (χ3n) is 3.81. The molecule has 0 bridgehead atoms. The largest absolute Gasteiger partial charge is 0.352 e. The third-order valence-corrected chi connectivity index (χ3v) is 3.81. The van der Waals surface area contributed by atoms with Gasteiger partial charge in [-0.15, -0.1) is 0 Å². The van der Waals surface area contributed by atoms with E-state index in [0.717, 1.165) is 17.5 Å². The average molecular weight is 320 g/mol. The van der Waals surface area contributed by atoms with Gasteiger partial charge in [0, 0.05) is 13.0 Å². The van der Waals surface area contributed by atoms with Crippen molar-refractivity contribution in [2.24, 2.45) is 0 Å². The van der Waals surface area contributed by atoms with Gasteiger partial charge in [0.25, 0.3) is 0 Å². The van der Waals surface area contributed by atoms with Crippen LogP contribution >= 0.6 is 0 Å². The molecular formula is C19H20N4O. The summed E-state index contributed by atoms with van der Waals surface area (Å²) in [5.74, 6) is 0.0746. The highest BCUT2D eigenvalue weighted by molar-refractivity contribution is 5.76. The van der Waals surface area contributed by atoms with Crippen LogP contribution in [0.15, 0.2) is 67.3 Å².